The van der Waals surface area contributed by atoms with Crippen LogP contribution in [0.5, 0.6) is 0 Å². The van der Waals surface area contributed by atoms with Gasteiger partial charge in [0.25, 0.3) is 0 Å². The van der Waals surface area contributed by atoms with Gasteiger partial charge >= 0.3 is 6.09 Å². The Morgan fingerprint density at radius 1 is 1.00 bits per heavy atom. The number of hydrogen-bond acceptors (Lipinski definition) is 3. The van der Waals surface area contributed by atoms with E-state index < -0.39 is 11.7 Å². The van der Waals surface area contributed by atoms with Crippen LogP contribution in [0.3, 0.4) is 0 Å². The zero-order valence-electron chi connectivity index (χ0n) is 14.5. The maximum atomic E-state index is 12.3. The highest BCUT2D eigenvalue weighted by atomic mass is 16.6. The predicted octanol–water partition coefficient (Wildman–Crippen LogP) is 3.99. The summed E-state index contributed by atoms with van der Waals surface area (Å²) in [6.07, 6.45) is -0.439. The number of carbonyl (C=O) groups excluding carboxylic acids is 1. The van der Waals surface area contributed by atoms with Crippen molar-refractivity contribution in [1.29, 1.82) is 0 Å². The van der Waals surface area contributed by atoms with Gasteiger partial charge in [0.2, 0.25) is 0 Å². The van der Waals surface area contributed by atoms with E-state index in [-0.39, 0.29) is 12.0 Å². The minimum Gasteiger partial charge on any atom is -0.444 e. The van der Waals surface area contributed by atoms with E-state index in [1.165, 1.54) is 0 Å². The second kappa shape index (κ2) is 7.97. The third-order valence-electron chi connectivity index (χ3n) is 3.71. The summed E-state index contributed by atoms with van der Waals surface area (Å²) >= 11 is 0. The van der Waals surface area contributed by atoms with E-state index in [1.54, 1.807) is 0 Å². The quantitative estimate of drug-likeness (QED) is 0.873. The van der Waals surface area contributed by atoms with Gasteiger partial charge in [-0.25, -0.2) is 4.79 Å². The van der Waals surface area contributed by atoms with E-state index in [9.17, 15) is 4.79 Å². The number of hydrogen-bond donors (Lipinski definition) is 2. The lowest BCUT2D eigenvalue weighted by atomic mass is 9.87. The molecule has 3 N–H and O–H groups in total. The van der Waals surface area contributed by atoms with E-state index in [0.29, 0.717) is 6.54 Å². The zero-order chi connectivity index (χ0) is 17.6. The molecular formula is C20H26N2O2. The largest absolute Gasteiger partial charge is 0.444 e. The van der Waals surface area contributed by atoms with Crippen molar-refractivity contribution in [3.05, 3.63) is 71.8 Å². The summed E-state index contributed by atoms with van der Waals surface area (Å²) in [5.74, 6) is -0.0406. The first-order valence-corrected chi connectivity index (χ1v) is 8.20. The molecule has 0 spiro atoms. The number of carbonyl (C=O) groups is 1. The van der Waals surface area contributed by atoms with Gasteiger partial charge in [0, 0.05) is 12.5 Å². The minimum absolute atomic E-state index is 0.0406. The van der Waals surface area contributed by atoms with Crippen molar-refractivity contribution in [2.45, 2.75) is 38.3 Å². The lowest BCUT2D eigenvalue weighted by Gasteiger charge is -2.29. The predicted molar refractivity (Wildman–Crippen MR) is 96.8 cm³/mol. The molecule has 0 heterocycles. The highest BCUT2D eigenvalue weighted by Crippen LogP contribution is 2.30. The first-order valence-electron chi connectivity index (χ1n) is 8.20. The van der Waals surface area contributed by atoms with Gasteiger partial charge in [0.1, 0.15) is 5.60 Å². The molecule has 0 aromatic heterocycles. The summed E-state index contributed by atoms with van der Waals surface area (Å²) in [5, 5.41) is 3.00. The van der Waals surface area contributed by atoms with Crippen molar-refractivity contribution >= 4 is 6.09 Å². The van der Waals surface area contributed by atoms with E-state index in [4.69, 9.17) is 10.5 Å². The van der Waals surface area contributed by atoms with Gasteiger partial charge in [-0.1, -0.05) is 60.7 Å². The van der Waals surface area contributed by atoms with Crippen LogP contribution in [0.25, 0.3) is 0 Å². The number of nitrogens with one attached hydrogen (secondary N) is 1. The molecule has 0 aliphatic rings. The number of nitrogens with two attached hydrogens (primary N) is 1. The summed E-state index contributed by atoms with van der Waals surface area (Å²) in [4.78, 5) is 12.3. The topological polar surface area (TPSA) is 64.3 Å². The Morgan fingerprint density at radius 3 is 1.96 bits per heavy atom. The molecular weight excluding hydrogens is 300 g/mol. The van der Waals surface area contributed by atoms with Crippen molar-refractivity contribution in [3.8, 4) is 0 Å². The molecule has 0 bridgehead atoms. The first kappa shape index (κ1) is 18.0. The van der Waals surface area contributed by atoms with Crippen molar-refractivity contribution in [3.63, 3.8) is 0 Å². The number of ether oxygens (including phenoxy) is 1. The fraction of sp³-hybridized carbons (Fsp3) is 0.350. The maximum absolute atomic E-state index is 12.3. The third-order valence-corrected chi connectivity index (χ3v) is 3.71. The molecule has 0 aliphatic heterocycles. The van der Waals surface area contributed by atoms with E-state index >= 15 is 0 Å². The van der Waals surface area contributed by atoms with Gasteiger partial charge < -0.3 is 15.8 Å². The highest BCUT2D eigenvalue weighted by Gasteiger charge is 2.27. The summed E-state index contributed by atoms with van der Waals surface area (Å²) in [5.41, 5.74) is 7.60. The molecule has 4 nitrogen and oxygen atoms in total. The third kappa shape index (κ3) is 5.10. The van der Waals surface area contributed by atoms with Crippen LogP contribution >= 0.6 is 0 Å². The number of benzene rings is 2. The second-order valence-corrected chi connectivity index (χ2v) is 6.79. The lowest BCUT2D eigenvalue weighted by molar-refractivity contribution is 0.0496. The van der Waals surface area contributed by atoms with Crippen LogP contribution in [0.15, 0.2) is 60.7 Å². The van der Waals surface area contributed by atoms with Crippen LogP contribution in [-0.2, 0) is 4.74 Å². The number of alkyl carbamates (subject to hydrolysis) is 1. The Labute approximate surface area is 144 Å². The van der Waals surface area contributed by atoms with Crippen molar-refractivity contribution in [2.75, 3.05) is 6.54 Å². The molecule has 2 aromatic carbocycles. The molecule has 128 valence electrons. The molecule has 2 rings (SSSR count). The molecule has 0 aliphatic carbocycles. The number of amides is 1. The van der Waals surface area contributed by atoms with Crippen LogP contribution in [0.1, 0.15) is 43.9 Å². The summed E-state index contributed by atoms with van der Waals surface area (Å²) in [6.45, 7) is 5.96. The number of rotatable bonds is 5. The van der Waals surface area contributed by atoms with Crippen LogP contribution < -0.4 is 11.1 Å². The van der Waals surface area contributed by atoms with Crippen molar-refractivity contribution < 1.29 is 9.53 Å². The van der Waals surface area contributed by atoms with Crippen molar-refractivity contribution in [2.24, 2.45) is 5.73 Å². The lowest BCUT2D eigenvalue weighted by Crippen LogP contribution is -2.39. The zero-order valence-corrected chi connectivity index (χ0v) is 14.5. The molecule has 0 saturated carbocycles. The molecule has 0 saturated heterocycles. The molecule has 4 heteroatoms. The van der Waals surface area contributed by atoms with Crippen LogP contribution in [0.4, 0.5) is 4.79 Å². The maximum Gasteiger partial charge on any atom is 0.408 e. The fourth-order valence-electron chi connectivity index (χ4n) is 2.68. The van der Waals surface area contributed by atoms with Gasteiger partial charge in [0.05, 0.1) is 6.04 Å². The summed E-state index contributed by atoms with van der Waals surface area (Å²) in [7, 11) is 0. The monoisotopic (exact) mass is 326 g/mol. The normalized spacial score (nSPS) is 13.8. The molecule has 24 heavy (non-hydrogen) atoms. The molecule has 2 unspecified atom stereocenters. The van der Waals surface area contributed by atoms with Crippen molar-refractivity contribution in [1.82, 2.24) is 5.32 Å². The SMILES string of the molecule is CC(C)(C)OC(=O)NC(c1ccccc1)C(CN)c1ccccc1. The van der Waals surface area contributed by atoms with Gasteiger partial charge in [-0.05, 0) is 31.9 Å². The average molecular weight is 326 g/mol. The molecule has 1 amide bonds. The molecule has 2 aromatic rings. The summed E-state index contributed by atoms with van der Waals surface area (Å²) in [6, 6.07) is 19.6. The first-order chi connectivity index (χ1) is 11.4. The summed E-state index contributed by atoms with van der Waals surface area (Å²) < 4.78 is 5.43. The van der Waals surface area contributed by atoms with Gasteiger partial charge in [-0.2, -0.15) is 0 Å². The van der Waals surface area contributed by atoms with Gasteiger partial charge in [-0.3, -0.25) is 0 Å². The Kier molecular flexibility index (Phi) is 5.99. The fourth-order valence-corrected chi connectivity index (χ4v) is 2.68. The van der Waals surface area contributed by atoms with Crippen LogP contribution in [0.2, 0.25) is 0 Å². The molecule has 0 fully saturated rings. The van der Waals surface area contributed by atoms with Gasteiger partial charge in [-0.15, -0.1) is 0 Å². The molecule has 2 atom stereocenters. The van der Waals surface area contributed by atoms with E-state index in [2.05, 4.69) is 5.32 Å². The molecule has 0 radical (unpaired) electrons. The minimum atomic E-state index is -0.545. The van der Waals surface area contributed by atoms with E-state index in [0.717, 1.165) is 11.1 Å². The Balaban J connectivity index is 2.30. The Hall–Kier alpha value is -2.33. The average Bonchev–Trinajstić information content (AvgIpc) is 2.55. The van der Waals surface area contributed by atoms with E-state index in [1.807, 2.05) is 81.4 Å². The van der Waals surface area contributed by atoms with Crippen LogP contribution in [0, 0.1) is 0 Å². The highest BCUT2D eigenvalue weighted by molar-refractivity contribution is 5.68. The smallest absolute Gasteiger partial charge is 0.408 e. The van der Waals surface area contributed by atoms with Gasteiger partial charge in [0.15, 0.2) is 0 Å². The Bertz CT molecular complexity index is 636. The standard InChI is InChI=1S/C20H26N2O2/c1-20(2,3)24-19(23)22-18(16-12-8-5-9-13-16)17(14-21)15-10-6-4-7-11-15/h4-13,17-18H,14,21H2,1-3H3,(H,22,23). The second-order valence-electron chi connectivity index (χ2n) is 6.79. The van der Waals surface area contributed by atoms with Crippen LogP contribution in [-0.4, -0.2) is 18.2 Å². The Morgan fingerprint density at radius 2 is 1.50 bits per heavy atom.